The molecule has 2 aromatic carbocycles. The Morgan fingerprint density at radius 1 is 0.907 bits per heavy atom. The normalized spacial score (nSPS) is 18.6. The molecular weight excluding hydrogens is 599 g/mol. The van der Waals surface area contributed by atoms with Crippen molar-refractivity contribution in [3.63, 3.8) is 0 Å². The van der Waals surface area contributed by atoms with Crippen molar-refractivity contribution in [3.05, 3.63) is 65.5 Å². The fraction of sp³-hybridized carbons (Fsp3) is 0.455. The highest BCUT2D eigenvalue weighted by Crippen LogP contribution is 2.47. The highest BCUT2D eigenvalue weighted by atomic mass is 32.2. The van der Waals surface area contributed by atoms with Crippen molar-refractivity contribution < 1.29 is 27.5 Å². The number of thiophene rings is 1. The summed E-state index contributed by atoms with van der Waals surface area (Å²) in [5.41, 5.74) is 3.06. The van der Waals surface area contributed by atoms with Crippen molar-refractivity contribution in [2.24, 2.45) is 0 Å². The number of rotatable bonds is 9. The lowest BCUT2D eigenvalue weighted by Crippen LogP contribution is -2.42. The average molecular weight is 642 g/mol. The Kier molecular flexibility index (Phi) is 9.93. The van der Waals surface area contributed by atoms with Crippen LogP contribution in [0.3, 0.4) is 0 Å². The molecule has 1 aliphatic heterocycles. The number of carbonyl (C=O) groups is 2. The van der Waals surface area contributed by atoms with Gasteiger partial charge in [-0.05, 0) is 80.6 Å². The van der Waals surface area contributed by atoms with Gasteiger partial charge in [-0.15, -0.1) is 11.3 Å². The van der Waals surface area contributed by atoms with Crippen molar-refractivity contribution >= 4 is 47.0 Å². The van der Waals surface area contributed by atoms with Crippen LogP contribution in [-0.4, -0.2) is 46.5 Å². The monoisotopic (exact) mass is 641 g/mol. The van der Waals surface area contributed by atoms with Gasteiger partial charge in [0.2, 0.25) is 0 Å². The van der Waals surface area contributed by atoms with Gasteiger partial charge in [0, 0.05) is 23.5 Å². The van der Waals surface area contributed by atoms with Crippen LogP contribution >= 0.6 is 11.3 Å². The third-order valence-electron chi connectivity index (χ3n) is 7.47. The van der Waals surface area contributed by atoms with Gasteiger partial charge >= 0.3 is 12.1 Å². The van der Waals surface area contributed by atoms with Crippen LogP contribution < -0.4 is 5.32 Å². The lowest BCUT2D eigenvalue weighted by Gasteiger charge is -2.35. The molecule has 0 radical (unpaired) electrons. The topological polar surface area (TPSA) is 98.8 Å². The Bertz CT molecular complexity index is 1530. The van der Waals surface area contributed by atoms with Crippen molar-refractivity contribution in [1.82, 2.24) is 0 Å². The van der Waals surface area contributed by atoms with Crippen LogP contribution in [0.5, 0.6) is 0 Å². The third kappa shape index (κ3) is 8.58. The van der Waals surface area contributed by atoms with Crippen LogP contribution in [0.1, 0.15) is 51.3 Å². The SMILES string of the molecule is CC(C)(C)OC(=O)Nc1ccc(-c2ccc(-c3ccc([C@@]4(CC(=O)OCC[Si](C)(C)C)CCCCS4(=O)=O)s3)cc2)cc1. The number of hydrogen-bond acceptors (Lipinski definition) is 7. The van der Waals surface area contributed by atoms with Crippen LogP contribution in [0.25, 0.3) is 21.6 Å². The summed E-state index contributed by atoms with van der Waals surface area (Å²) in [5.74, 6) is -0.348. The zero-order chi connectivity index (χ0) is 31.5. The molecule has 0 saturated carbocycles. The second-order valence-corrected chi connectivity index (χ2v) is 22.5. The van der Waals surface area contributed by atoms with Crippen molar-refractivity contribution in [2.75, 3.05) is 17.7 Å². The standard InChI is InChI=1S/C33H43NO6S2Si/c1-32(2,3)40-31(36)34-27-15-13-25(14-16-27)24-9-11-26(12-10-24)28-17-18-29(41-28)33(19-7-8-21-42(33,37)38)23-30(35)39-20-22-43(4,5)6/h9-18H,7-8,19-23H2,1-6H3,(H,34,36)/t33-/m0/s1. The second-order valence-electron chi connectivity index (χ2n) is 13.4. The molecule has 0 spiro atoms. The minimum absolute atomic E-state index is 0.0865. The lowest BCUT2D eigenvalue weighted by atomic mass is 9.95. The van der Waals surface area contributed by atoms with Gasteiger partial charge in [0.1, 0.15) is 10.3 Å². The molecule has 0 unspecified atom stereocenters. The first-order chi connectivity index (χ1) is 20.1. The smallest absolute Gasteiger partial charge is 0.412 e. The van der Waals surface area contributed by atoms with Gasteiger partial charge in [-0.2, -0.15) is 0 Å². The summed E-state index contributed by atoms with van der Waals surface area (Å²) >= 11 is 1.44. The third-order valence-corrected chi connectivity index (χ3v) is 13.2. The van der Waals surface area contributed by atoms with Gasteiger partial charge in [-0.25, -0.2) is 13.2 Å². The summed E-state index contributed by atoms with van der Waals surface area (Å²) in [6, 6.07) is 20.3. The van der Waals surface area contributed by atoms with E-state index in [0.717, 1.165) is 34.0 Å². The molecule has 7 nitrogen and oxygen atoms in total. The maximum Gasteiger partial charge on any atom is 0.412 e. The number of esters is 1. The van der Waals surface area contributed by atoms with Crippen molar-refractivity contribution in [3.8, 4) is 21.6 Å². The predicted octanol–water partition coefficient (Wildman–Crippen LogP) is 8.49. The molecule has 1 N–H and O–H groups in total. The summed E-state index contributed by atoms with van der Waals surface area (Å²) in [5, 5.41) is 2.74. The molecule has 232 valence electrons. The Morgan fingerprint density at radius 3 is 2.09 bits per heavy atom. The molecule has 4 rings (SSSR count). The van der Waals surface area contributed by atoms with E-state index in [0.29, 0.717) is 30.0 Å². The van der Waals surface area contributed by atoms with Crippen LogP contribution in [-0.2, 0) is 28.9 Å². The molecule has 1 fully saturated rings. The maximum atomic E-state index is 13.5. The summed E-state index contributed by atoms with van der Waals surface area (Å²) < 4.78 is 36.7. The Labute approximate surface area is 260 Å². The van der Waals surface area contributed by atoms with E-state index in [1.54, 1.807) is 0 Å². The number of sulfone groups is 1. The van der Waals surface area contributed by atoms with Crippen molar-refractivity contribution in [1.29, 1.82) is 0 Å². The van der Waals surface area contributed by atoms with E-state index in [2.05, 4.69) is 25.0 Å². The number of amides is 1. The molecule has 0 bridgehead atoms. The van der Waals surface area contributed by atoms with E-state index < -0.39 is 40.3 Å². The fourth-order valence-electron chi connectivity index (χ4n) is 5.10. The minimum Gasteiger partial charge on any atom is -0.466 e. The first-order valence-corrected chi connectivity index (χ1v) is 20.9. The number of anilines is 1. The molecule has 2 heterocycles. The van der Waals surface area contributed by atoms with Crippen LogP contribution in [0.4, 0.5) is 10.5 Å². The van der Waals surface area contributed by atoms with Crippen molar-refractivity contribution in [2.45, 2.75) is 82.5 Å². The Morgan fingerprint density at radius 2 is 1.51 bits per heavy atom. The molecular formula is C33H43NO6S2Si. The molecule has 1 aliphatic rings. The van der Waals surface area contributed by atoms with E-state index in [1.165, 1.54) is 11.3 Å². The molecule has 3 aromatic rings. The lowest BCUT2D eigenvalue weighted by molar-refractivity contribution is -0.144. The van der Waals surface area contributed by atoms with Crippen LogP contribution in [0.15, 0.2) is 60.7 Å². The van der Waals surface area contributed by atoms with E-state index in [4.69, 9.17) is 9.47 Å². The molecule has 43 heavy (non-hydrogen) atoms. The fourth-order valence-corrected chi connectivity index (χ4v) is 9.59. The molecule has 10 heteroatoms. The van der Waals surface area contributed by atoms with E-state index in [-0.39, 0.29) is 12.2 Å². The number of ether oxygens (including phenoxy) is 2. The molecule has 0 aliphatic carbocycles. The zero-order valence-electron chi connectivity index (χ0n) is 26.0. The first-order valence-electron chi connectivity index (χ1n) is 14.8. The Balaban J connectivity index is 1.50. The van der Waals surface area contributed by atoms with Crippen LogP contribution in [0.2, 0.25) is 25.7 Å². The van der Waals surface area contributed by atoms with Gasteiger partial charge < -0.3 is 9.47 Å². The molecule has 1 aromatic heterocycles. The van der Waals surface area contributed by atoms with Gasteiger partial charge in [0.05, 0.1) is 18.8 Å². The van der Waals surface area contributed by atoms with E-state index in [1.807, 2.05) is 81.4 Å². The molecule has 1 saturated heterocycles. The molecule has 1 atom stereocenters. The zero-order valence-corrected chi connectivity index (χ0v) is 28.6. The van der Waals surface area contributed by atoms with Gasteiger partial charge in [-0.1, -0.05) is 62.5 Å². The quantitative estimate of drug-likeness (QED) is 0.186. The van der Waals surface area contributed by atoms with E-state index >= 15 is 0 Å². The predicted molar refractivity (Wildman–Crippen MR) is 178 cm³/mol. The highest BCUT2D eigenvalue weighted by Gasteiger charge is 2.49. The maximum absolute atomic E-state index is 13.5. The van der Waals surface area contributed by atoms with Gasteiger partial charge in [0.15, 0.2) is 9.84 Å². The summed E-state index contributed by atoms with van der Waals surface area (Å²) in [7, 11) is -4.91. The first kappa shape index (κ1) is 33.0. The van der Waals surface area contributed by atoms with E-state index in [9.17, 15) is 18.0 Å². The average Bonchev–Trinajstić information content (AvgIpc) is 3.39. The number of nitrogens with one attached hydrogen (secondary N) is 1. The van der Waals surface area contributed by atoms with Gasteiger partial charge in [-0.3, -0.25) is 10.1 Å². The largest absolute Gasteiger partial charge is 0.466 e. The number of benzene rings is 2. The summed E-state index contributed by atoms with van der Waals surface area (Å²) in [6.07, 6.45) is 1.16. The summed E-state index contributed by atoms with van der Waals surface area (Å²) in [6.45, 7) is 12.5. The number of hydrogen-bond donors (Lipinski definition) is 1. The second kappa shape index (κ2) is 13.0. The van der Waals surface area contributed by atoms with Gasteiger partial charge in [0.25, 0.3) is 0 Å². The Hall–Kier alpha value is -2.95. The molecule has 1 amide bonds. The summed E-state index contributed by atoms with van der Waals surface area (Å²) in [4.78, 5) is 26.7. The minimum atomic E-state index is -3.53. The highest BCUT2D eigenvalue weighted by molar-refractivity contribution is 7.92. The number of carbonyl (C=O) groups excluding carboxylic acids is 2. The van der Waals surface area contributed by atoms with Crippen LogP contribution in [0, 0.1) is 0 Å².